The van der Waals surface area contributed by atoms with Crippen LogP contribution in [0, 0.1) is 12.7 Å². The van der Waals surface area contributed by atoms with Gasteiger partial charge in [0.1, 0.15) is 29.0 Å². The van der Waals surface area contributed by atoms with Crippen LogP contribution < -0.4 is 20.1 Å². The Morgan fingerprint density at radius 1 is 0.896 bits per heavy atom. The number of carbonyl (C=O) groups is 3. The molecular weight excluding hydrogens is 615 g/mol. The van der Waals surface area contributed by atoms with Crippen molar-refractivity contribution >= 4 is 28.7 Å². The average Bonchev–Trinajstić information content (AvgIpc) is 3.82. The van der Waals surface area contributed by atoms with Crippen LogP contribution >= 0.6 is 0 Å². The zero-order valence-corrected chi connectivity index (χ0v) is 28.3. The van der Waals surface area contributed by atoms with E-state index in [-0.39, 0.29) is 12.0 Å². The second-order valence-corrected chi connectivity index (χ2v) is 12.9. The summed E-state index contributed by atoms with van der Waals surface area (Å²) in [5.41, 5.74) is 2.08. The maximum Gasteiger partial charge on any atom is 0.408 e. The summed E-state index contributed by atoms with van der Waals surface area (Å²) in [5, 5.41) is 7.41. The monoisotopic (exact) mass is 656 g/mol. The van der Waals surface area contributed by atoms with E-state index in [0.29, 0.717) is 35.5 Å². The molecule has 4 aromatic carbocycles. The predicted octanol–water partition coefficient (Wildman–Crippen LogP) is 7.00. The first-order chi connectivity index (χ1) is 22.8. The molecule has 0 radical (unpaired) electrons. The Labute approximate surface area is 279 Å². The molecular formula is C38H41FN2O7. The van der Waals surface area contributed by atoms with E-state index in [1.165, 1.54) is 19.2 Å². The number of amides is 2. The van der Waals surface area contributed by atoms with Gasteiger partial charge in [-0.25, -0.2) is 14.0 Å². The lowest BCUT2D eigenvalue weighted by atomic mass is 9.90. The minimum Gasteiger partial charge on any atom is -0.496 e. The molecule has 10 heteroatoms. The Balaban J connectivity index is 1.56. The second-order valence-electron chi connectivity index (χ2n) is 12.9. The molecule has 0 aliphatic heterocycles. The van der Waals surface area contributed by atoms with E-state index in [2.05, 4.69) is 10.6 Å². The molecule has 2 amide bonds. The van der Waals surface area contributed by atoms with Crippen LogP contribution in [0.15, 0.2) is 66.7 Å². The van der Waals surface area contributed by atoms with Gasteiger partial charge in [0.05, 0.1) is 38.0 Å². The third kappa shape index (κ3) is 6.93. The standard InChI is InChI=1S/C38H41FN2O7/c1-22-11-8-16-28(39)31(22)34(42)40-29(35(43)47-7)21-23-12-9-14-25-24(23)13-10-15-26(25)32-30(45-5)18-17-27(33(32)46-6)38(19-20-38)41-36(44)48-37(2,3)4/h8-18,29H,19-21H2,1-7H3,(H,40,42)(H,41,44)/t29-/m0/s1. The van der Waals surface area contributed by atoms with Crippen molar-refractivity contribution in [1.82, 2.24) is 10.6 Å². The lowest BCUT2D eigenvalue weighted by Crippen LogP contribution is -2.43. The summed E-state index contributed by atoms with van der Waals surface area (Å²) in [5.74, 6) is -0.913. The molecule has 0 unspecified atom stereocenters. The highest BCUT2D eigenvalue weighted by atomic mass is 19.1. The highest BCUT2D eigenvalue weighted by Crippen LogP contribution is 2.54. The van der Waals surface area contributed by atoms with Crippen molar-refractivity contribution in [3.63, 3.8) is 0 Å². The number of methoxy groups -OCH3 is 3. The Morgan fingerprint density at radius 2 is 1.58 bits per heavy atom. The molecule has 0 bridgehead atoms. The van der Waals surface area contributed by atoms with E-state index in [9.17, 15) is 18.8 Å². The number of ether oxygens (including phenoxy) is 4. The number of fused-ring (bicyclic) bond motifs is 1. The minimum absolute atomic E-state index is 0.0872. The van der Waals surface area contributed by atoms with Crippen molar-refractivity contribution in [2.75, 3.05) is 21.3 Å². The van der Waals surface area contributed by atoms with E-state index in [1.54, 1.807) is 27.2 Å². The van der Waals surface area contributed by atoms with E-state index < -0.39 is 41.0 Å². The van der Waals surface area contributed by atoms with Crippen LogP contribution in [0.2, 0.25) is 0 Å². The van der Waals surface area contributed by atoms with Crippen LogP contribution in [-0.4, -0.2) is 50.9 Å². The molecule has 0 spiro atoms. The number of nitrogens with one attached hydrogen (secondary N) is 2. The van der Waals surface area contributed by atoms with Gasteiger partial charge in [-0.2, -0.15) is 0 Å². The maximum atomic E-state index is 14.6. The van der Waals surface area contributed by atoms with Gasteiger partial charge in [-0.1, -0.05) is 48.5 Å². The molecule has 1 fully saturated rings. The van der Waals surface area contributed by atoms with Gasteiger partial charge in [-0.05, 0) is 86.2 Å². The highest BCUT2D eigenvalue weighted by molar-refractivity contribution is 6.02. The summed E-state index contributed by atoms with van der Waals surface area (Å²) in [4.78, 5) is 39.0. The summed E-state index contributed by atoms with van der Waals surface area (Å²) in [7, 11) is 4.41. The number of alkyl carbamates (subject to hydrolysis) is 1. The fourth-order valence-electron chi connectivity index (χ4n) is 6.14. The number of carbonyl (C=O) groups excluding carboxylic acids is 3. The summed E-state index contributed by atoms with van der Waals surface area (Å²) in [6, 6.07) is 18.5. The first-order valence-electron chi connectivity index (χ1n) is 15.7. The van der Waals surface area contributed by atoms with E-state index >= 15 is 0 Å². The highest BCUT2D eigenvalue weighted by Gasteiger charge is 2.49. The Bertz CT molecular complexity index is 1860. The van der Waals surface area contributed by atoms with Crippen LogP contribution in [0.4, 0.5) is 9.18 Å². The molecule has 1 atom stereocenters. The largest absolute Gasteiger partial charge is 0.496 e. The topological polar surface area (TPSA) is 112 Å². The molecule has 0 aromatic heterocycles. The molecule has 252 valence electrons. The fourth-order valence-corrected chi connectivity index (χ4v) is 6.14. The number of rotatable bonds is 10. The van der Waals surface area contributed by atoms with Crippen molar-refractivity contribution in [2.45, 2.75) is 64.1 Å². The van der Waals surface area contributed by atoms with Gasteiger partial charge in [0.15, 0.2) is 0 Å². The van der Waals surface area contributed by atoms with Gasteiger partial charge >= 0.3 is 12.1 Å². The Hall–Kier alpha value is -5.12. The number of benzene rings is 4. The first kappa shape index (κ1) is 34.2. The normalized spacial score (nSPS) is 14.1. The second kappa shape index (κ2) is 13.5. The molecule has 0 heterocycles. The molecule has 5 rings (SSSR count). The third-order valence-corrected chi connectivity index (χ3v) is 8.50. The zero-order valence-electron chi connectivity index (χ0n) is 28.3. The summed E-state index contributed by atoms with van der Waals surface area (Å²) in [6.45, 7) is 7.09. The lowest BCUT2D eigenvalue weighted by molar-refractivity contribution is -0.142. The van der Waals surface area contributed by atoms with Crippen LogP contribution in [0.1, 0.15) is 60.7 Å². The SMILES string of the molecule is COC(=O)[C@H](Cc1cccc2c(-c3c(OC)ccc(C4(NC(=O)OC(C)(C)C)CC4)c3OC)cccc12)NC(=O)c1c(C)cccc1F. The molecule has 2 N–H and O–H groups in total. The molecule has 9 nitrogen and oxygen atoms in total. The van der Waals surface area contributed by atoms with Gasteiger partial charge in [-0.15, -0.1) is 0 Å². The van der Waals surface area contributed by atoms with Gasteiger partial charge in [0.25, 0.3) is 5.91 Å². The molecule has 1 saturated carbocycles. The molecule has 4 aromatic rings. The van der Waals surface area contributed by atoms with Gasteiger partial charge in [0.2, 0.25) is 0 Å². The summed E-state index contributed by atoms with van der Waals surface area (Å²) in [6.07, 6.45) is 0.998. The number of halogens is 1. The summed E-state index contributed by atoms with van der Waals surface area (Å²) >= 11 is 0. The Kier molecular flexibility index (Phi) is 9.66. The van der Waals surface area contributed by atoms with Crippen molar-refractivity contribution in [2.24, 2.45) is 0 Å². The van der Waals surface area contributed by atoms with E-state index in [0.717, 1.165) is 27.5 Å². The van der Waals surface area contributed by atoms with Gasteiger partial charge in [0, 0.05) is 12.0 Å². The first-order valence-corrected chi connectivity index (χ1v) is 15.7. The van der Waals surface area contributed by atoms with Crippen LogP contribution in [0.3, 0.4) is 0 Å². The lowest BCUT2D eigenvalue weighted by Gasteiger charge is -2.26. The zero-order chi connectivity index (χ0) is 34.8. The minimum atomic E-state index is -1.09. The number of aryl methyl sites for hydroxylation is 1. The molecule has 1 aliphatic rings. The summed E-state index contributed by atoms with van der Waals surface area (Å²) < 4.78 is 37.1. The van der Waals surface area contributed by atoms with Crippen molar-refractivity contribution < 1.29 is 37.7 Å². The number of hydrogen-bond acceptors (Lipinski definition) is 7. The smallest absolute Gasteiger partial charge is 0.408 e. The van der Waals surface area contributed by atoms with Crippen molar-refractivity contribution in [1.29, 1.82) is 0 Å². The van der Waals surface area contributed by atoms with Gasteiger partial charge < -0.3 is 29.6 Å². The van der Waals surface area contributed by atoms with Crippen LogP contribution in [0.25, 0.3) is 21.9 Å². The molecule has 0 saturated heterocycles. The van der Waals surface area contributed by atoms with Crippen molar-refractivity contribution in [3.8, 4) is 22.6 Å². The van der Waals surface area contributed by atoms with Crippen LogP contribution in [-0.2, 0) is 26.2 Å². The van der Waals surface area contributed by atoms with Crippen molar-refractivity contribution in [3.05, 3.63) is 94.8 Å². The van der Waals surface area contributed by atoms with Gasteiger partial charge in [-0.3, -0.25) is 4.79 Å². The fraction of sp³-hybridized carbons (Fsp3) is 0.342. The van der Waals surface area contributed by atoms with Crippen LogP contribution in [0.5, 0.6) is 11.5 Å². The Morgan fingerprint density at radius 3 is 2.21 bits per heavy atom. The molecule has 1 aliphatic carbocycles. The maximum absolute atomic E-state index is 14.6. The predicted molar refractivity (Wildman–Crippen MR) is 181 cm³/mol. The van der Waals surface area contributed by atoms with E-state index in [1.807, 2.05) is 69.3 Å². The van der Waals surface area contributed by atoms with E-state index in [4.69, 9.17) is 18.9 Å². The quantitative estimate of drug-likeness (QED) is 0.177. The number of hydrogen-bond donors (Lipinski definition) is 2. The number of esters is 1. The molecule has 48 heavy (non-hydrogen) atoms. The average molecular weight is 657 g/mol. The third-order valence-electron chi connectivity index (χ3n) is 8.50.